The van der Waals surface area contributed by atoms with Gasteiger partial charge in [0.1, 0.15) is 16.2 Å². The molecule has 0 saturated carbocycles. The van der Waals surface area contributed by atoms with Gasteiger partial charge in [-0.2, -0.15) is 4.98 Å². The fraction of sp³-hybridized carbons (Fsp3) is 0.312. The first-order chi connectivity index (χ1) is 11.5. The van der Waals surface area contributed by atoms with Crippen LogP contribution in [0.15, 0.2) is 38.9 Å². The first kappa shape index (κ1) is 16.9. The number of fused-ring (bicyclic) bond motifs is 1. The molecule has 3 rings (SSSR count). The first-order valence-corrected chi connectivity index (χ1v) is 8.95. The van der Waals surface area contributed by atoms with Gasteiger partial charge in [-0.05, 0) is 23.8 Å². The monoisotopic (exact) mass is 364 g/mol. The summed E-state index contributed by atoms with van der Waals surface area (Å²) >= 11 is 7.70. The first-order valence-electron chi connectivity index (χ1n) is 7.58. The van der Waals surface area contributed by atoms with Crippen LogP contribution in [0.1, 0.15) is 18.9 Å². The molecule has 0 aliphatic heterocycles. The molecule has 0 saturated heterocycles. The minimum Gasteiger partial charge on any atom is -0.291 e. The number of thioether (sulfide) groups is 1. The van der Waals surface area contributed by atoms with Crippen LogP contribution >= 0.6 is 23.4 Å². The molecule has 6 nitrogen and oxygen atoms in total. The second kappa shape index (κ2) is 6.86. The van der Waals surface area contributed by atoms with Crippen molar-refractivity contribution in [2.24, 2.45) is 7.05 Å². The average molecular weight is 365 g/mol. The van der Waals surface area contributed by atoms with E-state index in [1.807, 2.05) is 18.2 Å². The van der Waals surface area contributed by atoms with Crippen LogP contribution in [0.4, 0.5) is 0 Å². The molecule has 0 radical (unpaired) electrons. The Bertz CT molecular complexity index is 1010. The molecule has 2 heterocycles. The number of aromatic nitrogens is 4. The normalized spacial score (nSPS) is 11.3. The molecule has 0 atom stereocenters. The van der Waals surface area contributed by atoms with Gasteiger partial charge in [-0.1, -0.05) is 36.7 Å². The van der Waals surface area contributed by atoms with E-state index in [1.54, 1.807) is 17.7 Å². The van der Waals surface area contributed by atoms with Crippen LogP contribution in [0.3, 0.4) is 0 Å². The minimum atomic E-state index is -0.382. The number of hydrogen-bond donors (Lipinski definition) is 1. The van der Waals surface area contributed by atoms with Gasteiger partial charge in [0, 0.05) is 12.1 Å². The Hall–Kier alpha value is -1.99. The summed E-state index contributed by atoms with van der Waals surface area (Å²) in [5.41, 5.74) is 1.28. The summed E-state index contributed by atoms with van der Waals surface area (Å²) in [6.45, 7) is 2.37. The van der Waals surface area contributed by atoms with Crippen LogP contribution in [0.2, 0.25) is 5.02 Å². The molecule has 1 N–H and O–H groups in total. The summed E-state index contributed by atoms with van der Waals surface area (Å²) in [7, 11) is 1.60. The van der Waals surface area contributed by atoms with Gasteiger partial charge in [-0.3, -0.25) is 14.1 Å². The molecular formula is C16H17ClN4O2S. The van der Waals surface area contributed by atoms with Gasteiger partial charge in [0.2, 0.25) is 0 Å². The van der Waals surface area contributed by atoms with Gasteiger partial charge in [0.05, 0.1) is 6.54 Å². The standard InChI is InChI=1S/C16H17ClN4O2S/c1-3-8-24-14-12-13(20(2)15(22)19-14)18-16(23)21(12)9-10-6-4-5-7-11(10)17/h4-7H,3,8-9H2,1-2H3,(H,18,23). The Kier molecular flexibility index (Phi) is 4.82. The third kappa shape index (κ3) is 3.01. The summed E-state index contributed by atoms with van der Waals surface area (Å²) in [6, 6.07) is 7.39. The van der Waals surface area contributed by atoms with E-state index in [0.29, 0.717) is 27.8 Å². The van der Waals surface area contributed by atoms with Crippen molar-refractivity contribution in [2.75, 3.05) is 5.75 Å². The largest absolute Gasteiger partial charge is 0.350 e. The molecule has 0 aliphatic rings. The van der Waals surface area contributed by atoms with Gasteiger partial charge in [0.25, 0.3) is 0 Å². The molecular weight excluding hydrogens is 348 g/mol. The van der Waals surface area contributed by atoms with Gasteiger partial charge in [-0.25, -0.2) is 9.59 Å². The number of rotatable bonds is 5. The Labute approximate surface area is 147 Å². The van der Waals surface area contributed by atoms with Crippen LogP contribution in [0, 0.1) is 0 Å². The number of aryl methyl sites for hydroxylation is 1. The summed E-state index contributed by atoms with van der Waals surface area (Å²) in [5.74, 6) is 0.820. The van der Waals surface area contributed by atoms with Crippen molar-refractivity contribution in [3.8, 4) is 0 Å². The van der Waals surface area contributed by atoms with E-state index in [4.69, 9.17) is 11.6 Å². The van der Waals surface area contributed by atoms with Crippen molar-refractivity contribution >= 4 is 34.5 Å². The zero-order valence-corrected chi connectivity index (χ0v) is 14.9. The summed E-state index contributed by atoms with van der Waals surface area (Å²) in [6.07, 6.45) is 0.947. The van der Waals surface area contributed by atoms with Crippen molar-refractivity contribution in [3.63, 3.8) is 0 Å². The zero-order chi connectivity index (χ0) is 17.3. The SMILES string of the molecule is CCCSc1nc(=O)n(C)c2[nH]c(=O)n(Cc3ccccc3Cl)c12. The van der Waals surface area contributed by atoms with Crippen LogP contribution in [-0.4, -0.2) is 24.9 Å². The number of imidazole rings is 1. The summed E-state index contributed by atoms with van der Waals surface area (Å²) in [4.78, 5) is 31.4. The predicted molar refractivity (Wildman–Crippen MR) is 97.2 cm³/mol. The van der Waals surface area contributed by atoms with Crippen molar-refractivity contribution in [1.29, 1.82) is 0 Å². The van der Waals surface area contributed by atoms with Crippen LogP contribution < -0.4 is 11.4 Å². The molecule has 0 spiro atoms. The fourth-order valence-corrected chi connectivity index (χ4v) is 3.55. The Morgan fingerprint density at radius 1 is 1.29 bits per heavy atom. The molecule has 0 fully saturated rings. The minimum absolute atomic E-state index is 0.286. The number of halogens is 1. The van der Waals surface area contributed by atoms with Crippen LogP contribution in [0.25, 0.3) is 11.2 Å². The van der Waals surface area contributed by atoms with Gasteiger partial charge in [-0.15, -0.1) is 11.8 Å². The maximum atomic E-state index is 12.5. The van der Waals surface area contributed by atoms with Gasteiger partial charge >= 0.3 is 11.4 Å². The van der Waals surface area contributed by atoms with E-state index in [2.05, 4.69) is 16.9 Å². The number of aromatic amines is 1. The molecule has 0 aliphatic carbocycles. The lowest BCUT2D eigenvalue weighted by Gasteiger charge is -2.09. The molecule has 0 unspecified atom stereocenters. The van der Waals surface area contributed by atoms with Crippen molar-refractivity contribution in [3.05, 3.63) is 55.8 Å². The van der Waals surface area contributed by atoms with Gasteiger partial charge < -0.3 is 0 Å². The smallest absolute Gasteiger partial charge is 0.291 e. The molecule has 0 amide bonds. The van der Waals surface area contributed by atoms with E-state index in [1.165, 1.54) is 16.3 Å². The number of nitrogens with one attached hydrogen (secondary N) is 1. The highest BCUT2D eigenvalue weighted by molar-refractivity contribution is 7.99. The Morgan fingerprint density at radius 2 is 2.04 bits per heavy atom. The average Bonchev–Trinajstić information content (AvgIpc) is 2.89. The van der Waals surface area contributed by atoms with E-state index < -0.39 is 0 Å². The van der Waals surface area contributed by atoms with Crippen LogP contribution in [-0.2, 0) is 13.6 Å². The predicted octanol–water partition coefficient (Wildman–Crippen LogP) is 2.63. The molecule has 2 aromatic heterocycles. The third-order valence-electron chi connectivity index (χ3n) is 3.72. The second-order valence-corrected chi connectivity index (χ2v) is 6.90. The molecule has 24 heavy (non-hydrogen) atoms. The summed E-state index contributed by atoms with van der Waals surface area (Å²) in [5, 5.41) is 1.17. The maximum absolute atomic E-state index is 12.5. The Morgan fingerprint density at radius 3 is 2.75 bits per heavy atom. The lowest BCUT2D eigenvalue weighted by molar-refractivity contribution is 0.770. The van der Waals surface area contributed by atoms with Gasteiger partial charge in [0.15, 0.2) is 0 Å². The third-order valence-corrected chi connectivity index (χ3v) is 5.26. The molecule has 8 heteroatoms. The maximum Gasteiger partial charge on any atom is 0.350 e. The quantitative estimate of drug-likeness (QED) is 0.558. The summed E-state index contributed by atoms with van der Waals surface area (Å²) < 4.78 is 2.94. The number of nitrogens with zero attached hydrogens (tertiary/aromatic N) is 3. The number of benzene rings is 1. The van der Waals surface area contributed by atoms with E-state index in [0.717, 1.165) is 17.7 Å². The Balaban J connectivity index is 2.22. The molecule has 1 aromatic carbocycles. The van der Waals surface area contributed by atoms with E-state index >= 15 is 0 Å². The van der Waals surface area contributed by atoms with Crippen molar-refractivity contribution in [2.45, 2.75) is 24.9 Å². The highest BCUT2D eigenvalue weighted by atomic mass is 35.5. The lowest BCUT2D eigenvalue weighted by atomic mass is 10.2. The highest BCUT2D eigenvalue weighted by Crippen LogP contribution is 2.25. The molecule has 0 bridgehead atoms. The highest BCUT2D eigenvalue weighted by Gasteiger charge is 2.17. The van der Waals surface area contributed by atoms with Crippen LogP contribution in [0.5, 0.6) is 0 Å². The lowest BCUT2D eigenvalue weighted by Crippen LogP contribution is -2.21. The van der Waals surface area contributed by atoms with E-state index in [9.17, 15) is 9.59 Å². The number of hydrogen-bond acceptors (Lipinski definition) is 4. The molecule has 3 aromatic rings. The molecule has 126 valence electrons. The zero-order valence-electron chi connectivity index (χ0n) is 13.4. The fourth-order valence-electron chi connectivity index (χ4n) is 2.47. The second-order valence-electron chi connectivity index (χ2n) is 5.41. The number of H-pyrrole nitrogens is 1. The van der Waals surface area contributed by atoms with Crippen molar-refractivity contribution in [1.82, 2.24) is 19.1 Å². The van der Waals surface area contributed by atoms with Crippen molar-refractivity contribution < 1.29 is 0 Å². The topological polar surface area (TPSA) is 72.7 Å². The van der Waals surface area contributed by atoms with E-state index in [-0.39, 0.29) is 11.4 Å².